The lowest BCUT2D eigenvalue weighted by molar-refractivity contribution is -0.137. The van der Waals surface area contributed by atoms with Crippen LogP contribution in [0.15, 0.2) is 0 Å². The van der Waals surface area contributed by atoms with Gasteiger partial charge in [-0.1, -0.05) is 6.92 Å². The van der Waals surface area contributed by atoms with Crippen molar-refractivity contribution in [2.24, 2.45) is 11.8 Å². The van der Waals surface area contributed by atoms with Gasteiger partial charge in [0.1, 0.15) is 0 Å². The second kappa shape index (κ2) is 5.97. The topological polar surface area (TPSA) is 73.0 Å². The standard InChI is InChI=1S/C12H24N4O3S/c1-10-8-13-9-11(10)12(17)15-4-6-16(7-5-15)20(18,19)14(2)3/h10-11,13H,4-9H2,1-3H3. The summed E-state index contributed by atoms with van der Waals surface area (Å²) in [6.07, 6.45) is 0. The van der Waals surface area contributed by atoms with Crippen LogP contribution in [0.3, 0.4) is 0 Å². The first kappa shape index (κ1) is 15.7. The number of carbonyl (C=O) groups is 1. The molecule has 1 N–H and O–H groups in total. The van der Waals surface area contributed by atoms with Gasteiger partial charge >= 0.3 is 0 Å². The van der Waals surface area contributed by atoms with E-state index < -0.39 is 10.2 Å². The van der Waals surface area contributed by atoms with Crippen molar-refractivity contribution in [3.63, 3.8) is 0 Å². The van der Waals surface area contributed by atoms with Crippen LogP contribution in [-0.2, 0) is 15.0 Å². The van der Waals surface area contributed by atoms with Crippen molar-refractivity contribution in [2.75, 3.05) is 53.4 Å². The largest absolute Gasteiger partial charge is 0.340 e. The van der Waals surface area contributed by atoms with Crippen molar-refractivity contribution in [3.8, 4) is 0 Å². The molecule has 0 aromatic heterocycles. The number of amides is 1. The van der Waals surface area contributed by atoms with Crippen LogP contribution in [0, 0.1) is 11.8 Å². The Labute approximate surface area is 121 Å². The Morgan fingerprint density at radius 3 is 2.20 bits per heavy atom. The molecule has 2 unspecified atom stereocenters. The molecule has 0 spiro atoms. The molecule has 2 rings (SSSR count). The van der Waals surface area contributed by atoms with E-state index in [4.69, 9.17) is 0 Å². The molecule has 0 aromatic carbocycles. The quantitative estimate of drug-likeness (QED) is 0.710. The number of carbonyl (C=O) groups excluding carboxylic acids is 1. The van der Waals surface area contributed by atoms with Crippen molar-refractivity contribution >= 4 is 16.1 Å². The zero-order valence-electron chi connectivity index (χ0n) is 12.4. The Kier molecular flexibility index (Phi) is 4.68. The smallest absolute Gasteiger partial charge is 0.281 e. The van der Waals surface area contributed by atoms with Crippen molar-refractivity contribution in [1.82, 2.24) is 18.8 Å². The highest BCUT2D eigenvalue weighted by Gasteiger charge is 2.36. The van der Waals surface area contributed by atoms with E-state index in [1.807, 2.05) is 0 Å². The molecular formula is C12H24N4O3S. The van der Waals surface area contributed by atoms with Gasteiger partial charge in [0.15, 0.2) is 0 Å². The average Bonchev–Trinajstić information content (AvgIpc) is 2.84. The van der Waals surface area contributed by atoms with Gasteiger partial charge in [0.05, 0.1) is 5.92 Å². The highest BCUT2D eigenvalue weighted by Crippen LogP contribution is 2.20. The van der Waals surface area contributed by atoms with Gasteiger partial charge in [-0.3, -0.25) is 4.79 Å². The van der Waals surface area contributed by atoms with Gasteiger partial charge in [-0.15, -0.1) is 0 Å². The van der Waals surface area contributed by atoms with E-state index in [-0.39, 0.29) is 11.8 Å². The molecule has 8 heteroatoms. The molecule has 0 saturated carbocycles. The minimum Gasteiger partial charge on any atom is -0.340 e. The summed E-state index contributed by atoms with van der Waals surface area (Å²) >= 11 is 0. The van der Waals surface area contributed by atoms with Gasteiger partial charge in [0.25, 0.3) is 10.2 Å². The summed E-state index contributed by atoms with van der Waals surface area (Å²) in [4.78, 5) is 14.2. The lowest BCUT2D eigenvalue weighted by atomic mass is 9.96. The van der Waals surface area contributed by atoms with Crippen LogP contribution in [0.4, 0.5) is 0 Å². The maximum atomic E-state index is 12.4. The third kappa shape index (κ3) is 2.98. The summed E-state index contributed by atoms with van der Waals surface area (Å²) < 4.78 is 26.7. The van der Waals surface area contributed by atoms with E-state index in [0.717, 1.165) is 13.1 Å². The lowest BCUT2D eigenvalue weighted by Gasteiger charge is -2.36. The predicted molar refractivity (Wildman–Crippen MR) is 76.3 cm³/mol. The van der Waals surface area contributed by atoms with E-state index in [2.05, 4.69) is 12.2 Å². The molecule has 0 aromatic rings. The number of hydrogen-bond donors (Lipinski definition) is 1. The second-order valence-electron chi connectivity index (χ2n) is 5.76. The average molecular weight is 304 g/mol. The van der Waals surface area contributed by atoms with Crippen molar-refractivity contribution in [1.29, 1.82) is 0 Å². The molecule has 116 valence electrons. The summed E-state index contributed by atoms with van der Waals surface area (Å²) in [5, 5.41) is 3.23. The fourth-order valence-corrected chi connectivity index (χ4v) is 3.83. The highest BCUT2D eigenvalue weighted by atomic mass is 32.2. The Morgan fingerprint density at radius 2 is 1.75 bits per heavy atom. The first-order valence-electron chi connectivity index (χ1n) is 7.01. The monoisotopic (exact) mass is 304 g/mol. The zero-order valence-corrected chi connectivity index (χ0v) is 13.2. The van der Waals surface area contributed by atoms with Crippen molar-refractivity contribution < 1.29 is 13.2 Å². The summed E-state index contributed by atoms with van der Waals surface area (Å²) in [6.45, 7) is 5.41. The van der Waals surface area contributed by atoms with E-state index in [1.165, 1.54) is 22.7 Å². The summed E-state index contributed by atoms with van der Waals surface area (Å²) in [6, 6.07) is 0. The van der Waals surface area contributed by atoms with Gasteiger partial charge in [0, 0.05) is 46.8 Å². The van der Waals surface area contributed by atoms with Gasteiger partial charge in [0.2, 0.25) is 5.91 Å². The summed E-state index contributed by atoms with van der Waals surface area (Å²) in [5.41, 5.74) is 0. The minimum atomic E-state index is -3.36. The maximum absolute atomic E-state index is 12.4. The molecule has 2 saturated heterocycles. The normalized spacial score (nSPS) is 29.1. The van der Waals surface area contributed by atoms with Crippen LogP contribution in [0.25, 0.3) is 0 Å². The number of nitrogens with zero attached hydrogens (tertiary/aromatic N) is 3. The second-order valence-corrected chi connectivity index (χ2v) is 7.90. The SMILES string of the molecule is CC1CNCC1C(=O)N1CCN(S(=O)(=O)N(C)C)CC1. The molecular weight excluding hydrogens is 280 g/mol. The molecule has 7 nitrogen and oxygen atoms in total. The third-order valence-electron chi connectivity index (χ3n) is 4.17. The molecule has 2 aliphatic rings. The molecule has 2 fully saturated rings. The molecule has 1 amide bonds. The minimum absolute atomic E-state index is 0.0343. The Hall–Kier alpha value is -0.700. The summed E-state index contributed by atoms with van der Waals surface area (Å²) in [5.74, 6) is 0.544. The van der Waals surface area contributed by atoms with Crippen molar-refractivity contribution in [2.45, 2.75) is 6.92 Å². The predicted octanol–water partition coefficient (Wildman–Crippen LogP) is -1.21. The van der Waals surface area contributed by atoms with Crippen molar-refractivity contribution in [3.05, 3.63) is 0 Å². The zero-order chi connectivity index (χ0) is 14.9. The Balaban J connectivity index is 1.93. The van der Waals surface area contributed by atoms with Crippen LogP contribution >= 0.6 is 0 Å². The highest BCUT2D eigenvalue weighted by molar-refractivity contribution is 7.86. The van der Waals surface area contributed by atoms with E-state index in [0.29, 0.717) is 32.1 Å². The fourth-order valence-electron chi connectivity index (χ4n) is 2.75. The number of rotatable bonds is 3. The van der Waals surface area contributed by atoms with Gasteiger partial charge < -0.3 is 10.2 Å². The molecule has 2 aliphatic heterocycles. The van der Waals surface area contributed by atoms with E-state index >= 15 is 0 Å². The van der Waals surface area contributed by atoms with Crippen LogP contribution < -0.4 is 5.32 Å². The number of nitrogens with one attached hydrogen (secondary N) is 1. The maximum Gasteiger partial charge on any atom is 0.281 e. The lowest BCUT2D eigenvalue weighted by Crippen LogP contribution is -2.54. The number of hydrogen-bond acceptors (Lipinski definition) is 4. The van der Waals surface area contributed by atoms with E-state index in [1.54, 1.807) is 4.90 Å². The van der Waals surface area contributed by atoms with Gasteiger partial charge in [-0.25, -0.2) is 0 Å². The molecule has 0 bridgehead atoms. The summed E-state index contributed by atoms with van der Waals surface area (Å²) in [7, 11) is -0.309. The van der Waals surface area contributed by atoms with Crippen LogP contribution in [-0.4, -0.2) is 81.2 Å². The van der Waals surface area contributed by atoms with E-state index in [9.17, 15) is 13.2 Å². The Morgan fingerprint density at radius 1 is 1.15 bits per heavy atom. The van der Waals surface area contributed by atoms with Crippen LogP contribution in [0.1, 0.15) is 6.92 Å². The molecule has 0 radical (unpaired) electrons. The van der Waals surface area contributed by atoms with Crippen LogP contribution in [0.2, 0.25) is 0 Å². The van der Waals surface area contributed by atoms with Crippen LogP contribution in [0.5, 0.6) is 0 Å². The molecule has 2 heterocycles. The van der Waals surface area contributed by atoms with Gasteiger partial charge in [-0.2, -0.15) is 17.0 Å². The fraction of sp³-hybridized carbons (Fsp3) is 0.917. The first-order chi connectivity index (χ1) is 9.34. The molecule has 2 atom stereocenters. The third-order valence-corrected chi connectivity index (χ3v) is 6.11. The molecule has 0 aliphatic carbocycles. The first-order valence-corrected chi connectivity index (χ1v) is 8.41. The molecule has 20 heavy (non-hydrogen) atoms. The number of piperazine rings is 1. The van der Waals surface area contributed by atoms with Gasteiger partial charge in [-0.05, 0) is 12.5 Å². The Bertz CT molecular complexity index is 457.